The summed E-state index contributed by atoms with van der Waals surface area (Å²) in [5.74, 6) is -0.335. The maximum absolute atomic E-state index is 12.8. The van der Waals surface area contributed by atoms with Crippen LogP contribution in [-0.2, 0) is 6.54 Å². The molecule has 4 nitrogen and oxygen atoms in total. The van der Waals surface area contributed by atoms with Gasteiger partial charge in [-0.25, -0.2) is 0 Å². The van der Waals surface area contributed by atoms with Crippen molar-refractivity contribution in [3.63, 3.8) is 0 Å². The van der Waals surface area contributed by atoms with Gasteiger partial charge in [-0.2, -0.15) is 0 Å². The highest BCUT2D eigenvalue weighted by atomic mass is 16.5. The second-order valence-corrected chi connectivity index (χ2v) is 5.77. The summed E-state index contributed by atoms with van der Waals surface area (Å²) < 4.78 is 5.44. The van der Waals surface area contributed by atoms with E-state index in [4.69, 9.17) is 4.42 Å². The second kappa shape index (κ2) is 6.89. The van der Waals surface area contributed by atoms with Crippen molar-refractivity contribution in [2.45, 2.75) is 20.4 Å². The van der Waals surface area contributed by atoms with Crippen LogP contribution in [0.5, 0.6) is 5.95 Å². The van der Waals surface area contributed by atoms with Crippen LogP contribution < -0.4 is 5.43 Å². The van der Waals surface area contributed by atoms with E-state index in [0.29, 0.717) is 16.5 Å². The van der Waals surface area contributed by atoms with Crippen molar-refractivity contribution < 1.29 is 9.52 Å². The highest BCUT2D eigenvalue weighted by Gasteiger charge is 2.16. The Morgan fingerprint density at radius 2 is 1.79 bits per heavy atom. The fourth-order valence-electron chi connectivity index (χ4n) is 2.92. The Kier molecular flexibility index (Phi) is 4.67. The first kappa shape index (κ1) is 16.3. The Balaban J connectivity index is 2.09. The standard InChI is InChI=1S/C20H21NO3/c1-3-21(4-2)13-14-8-7-9-15(12-14)18-19(22)16-10-5-6-11-17(16)24-20(18)23/h5-12,23H,3-4,13H2,1-2H3. The molecule has 0 saturated heterocycles. The van der Waals surface area contributed by atoms with Crippen molar-refractivity contribution in [2.24, 2.45) is 0 Å². The molecule has 0 unspecified atom stereocenters. The third-order valence-electron chi connectivity index (χ3n) is 4.30. The predicted octanol–water partition coefficient (Wildman–Crippen LogP) is 4.01. The van der Waals surface area contributed by atoms with Crippen LogP contribution in [0.4, 0.5) is 0 Å². The summed E-state index contributed by atoms with van der Waals surface area (Å²) in [6.07, 6.45) is 0. The maximum atomic E-state index is 12.8. The lowest BCUT2D eigenvalue weighted by molar-refractivity contribution is 0.296. The van der Waals surface area contributed by atoms with Gasteiger partial charge in [0, 0.05) is 6.54 Å². The molecule has 24 heavy (non-hydrogen) atoms. The summed E-state index contributed by atoms with van der Waals surface area (Å²) in [5, 5.41) is 10.7. The lowest BCUT2D eigenvalue weighted by Crippen LogP contribution is -2.22. The van der Waals surface area contributed by atoms with Gasteiger partial charge in [0.2, 0.25) is 5.43 Å². The van der Waals surface area contributed by atoms with Gasteiger partial charge < -0.3 is 9.52 Å². The molecule has 0 radical (unpaired) electrons. The average molecular weight is 323 g/mol. The monoisotopic (exact) mass is 323 g/mol. The summed E-state index contributed by atoms with van der Waals surface area (Å²) in [4.78, 5) is 15.1. The number of nitrogens with zero attached hydrogens (tertiary/aromatic N) is 1. The van der Waals surface area contributed by atoms with Crippen molar-refractivity contribution >= 4 is 11.0 Å². The molecule has 4 heteroatoms. The summed E-state index contributed by atoms with van der Waals surface area (Å²) >= 11 is 0. The van der Waals surface area contributed by atoms with Gasteiger partial charge in [0.15, 0.2) is 0 Å². The number of rotatable bonds is 5. The van der Waals surface area contributed by atoms with Gasteiger partial charge in [-0.05, 0) is 42.4 Å². The maximum Gasteiger partial charge on any atom is 0.294 e. The lowest BCUT2D eigenvalue weighted by Gasteiger charge is -2.18. The van der Waals surface area contributed by atoms with Gasteiger partial charge in [-0.15, -0.1) is 0 Å². The molecule has 124 valence electrons. The zero-order valence-electron chi connectivity index (χ0n) is 14.0. The van der Waals surface area contributed by atoms with E-state index in [1.54, 1.807) is 24.3 Å². The Bertz CT molecular complexity index is 910. The van der Waals surface area contributed by atoms with Gasteiger partial charge >= 0.3 is 0 Å². The highest BCUT2D eigenvalue weighted by molar-refractivity contribution is 5.83. The van der Waals surface area contributed by atoms with Crippen molar-refractivity contribution in [1.82, 2.24) is 4.90 Å². The van der Waals surface area contributed by atoms with Gasteiger partial charge in [0.1, 0.15) is 11.1 Å². The van der Waals surface area contributed by atoms with Crippen molar-refractivity contribution in [3.8, 4) is 17.1 Å². The fraction of sp³-hybridized carbons (Fsp3) is 0.250. The van der Waals surface area contributed by atoms with Crippen molar-refractivity contribution in [3.05, 3.63) is 64.3 Å². The molecule has 0 aliphatic carbocycles. The van der Waals surface area contributed by atoms with Crippen molar-refractivity contribution in [2.75, 3.05) is 13.1 Å². The third-order valence-corrected chi connectivity index (χ3v) is 4.30. The number of hydrogen-bond donors (Lipinski definition) is 1. The van der Waals surface area contributed by atoms with Gasteiger partial charge in [-0.1, -0.05) is 44.2 Å². The fourth-order valence-corrected chi connectivity index (χ4v) is 2.92. The zero-order chi connectivity index (χ0) is 17.1. The largest absolute Gasteiger partial charge is 0.480 e. The number of hydrogen-bond acceptors (Lipinski definition) is 4. The Morgan fingerprint density at radius 3 is 2.54 bits per heavy atom. The molecule has 0 atom stereocenters. The Morgan fingerprint density at radius 1 is 1.04 bits per heavy atom. The first-order chi connectivity index (χ1) is 11.6. The molecule has 0 spiro atoms. The molecule has 2 aromatic carbocycles. The van der Waals surface area contributed by atoms with Crippen molar-refractivity contribution in [1.29, 1.82) is 0 Å². The van der Waals surface area contributed by atoms with Crippen LogP contribution in [0.2, 0.25) is 0 Å². The van der Waals surface area contributed by atoms with Crippen LogP contribution in [0, 0.1) is 0 Å². The first-order valence-corrected chi connectivity index (χ1v) is 8.20. The van der Waals surface area contributed by atoms with Crippen LogP contribution in [0.1, 0.15) is 19.4 Å². The van der Waals surface area contributed by atoms with Gasteiger partial charge in [-0.3, -0.25) is 9.69 Å². The Hall–Kier alpha value is -2.59. The number of benzene rings is 2. The Labute approximate surface area is 141 Å². The first-order valence-electron chi connectivity index (χ1n) is 8.20. The predicted molar refractivity (Wildman–Crippen MR) is 96.2 cm³/mol. The lowest BCUT2D eigenvalue weighted by atomic mass is 10.0. The molecule has 1 aromatic heterocycles. The minimum atomic E-state index is -0.335. The number of aromatic hydroxyl groups is 1. The minimum Gasteiger partial charge on any atom is -0.480 e. The SMILES string of the molecule is CCN(CC)Cc1cccc(-c2c(O)oc3ccccc3c2=O)c1. The quantitative estimate of drug-likeness (QED) is 0.771. The smallest absolute Gasteiger partial charge is 0.294 e. The topological polar surface area (TPSA) is 53.7 Å². The summed E-state index contributed by atoms with van der Waals surface area (Å²) in [6.45, 7) is 6.98. The van der Waals surface area contributed by atoms with E-state index in [9.17, 15) is 9.90 Å². The summed E-state index contributed by atoms with van der Waals surface area (Å²) in [5.41, 5.74) is 2.17. The minimum absolute atomic E-state index is 0.214. The summed E-state index contributed by atoms with van der Waals surface area (Å²) in [6, 6.07) is 14.7. The van der Waals surface area contributed by atoms with E-state index >= 15 is 0 Å². The van der Waals surface area contributed by atoms with E-state index in [1.165, 1.54) is 0 Å². The van der Waals surface area contributed by atoms with E-state index in [1.807, 2.05) is 24.3 Å². The molecular formula is C20H21NO3. The van der Waals surface area contributed by atoms with E-state index in [0.717, 1.165) is 25.2 Å². The van der Waals surface area contributed by atoms with E-state index in [2.05, 4.69) is 18.7 Å². The van der Waals surface area contributed by atoms with Gasteiger partial charge in [0.25, 0.3) is 5.95 Å². The second-order valence-electron chi connectivity index (χ2n) is 5.77. The molecule has 0 amide bonds. The molecule has 0 saturated carbocycles. The van der Waals surface area contributed by atoms with Crippen LogP contribution in [0.15, 0.2) is 57.7 Å². The third kappa shape index (κ3) is 3.05. The molecule has 1 heterocycles. The molecule has 3 aromatic rings. The van der Waals surface area contributed by atoms with Crippen LogP contribution in [0.3, 0.4) is 0 Å². The van der Waals surface area contributed by atoms with Gasteiger partial charge in [0.05, 0.1) is 5.39 Å². The molecule has 0 bridgehead atoms. The molecule has 0 aliphatic heterocycles. The molecule has 0 aliphatic rings. The molecule has 1 N–H and O–H groups in total. The average Bonchev–Trinajstić information content (AvgIpc) is 2.60. The van der Waals surface area contributed by atoms with Crippen LogP contribution in [0.25, 0.3) is 22.1 Å². The number of para-hydroxylation sites is 1. The van der Waals surface area contributed by atoms with Crippen LogP contribution in [-0.4, -0.2) is 23.1 Å². The van der Waals surface area contributed by atoms with E-state index in [-0.39, 0.29) is 16.9 Å². The normalized spacial score (nSPS) is 11.3. The summed E-state index contributed by atoms with van der Waals surface area (Å²) in [7, 11) is 0. The molecule has 3 rings (SSSR count). The molecule has 0 fully saturated rings. The zero-order valence-corrected chi connectivity index (χ0v) is 14.0. The molecular weight excluding hydrogens is 302 g/mol. The highest BCUT2D eigenvalue weighted by Crippen LogP contribution is 2.29. The number of fused-ring (bicyclic) bond motifs is 1. The van der Waals surface area contributed by atoms with Crippen LogP contribution >= 0.6 is 0 Å². The van der Waals surface area contributed by atoms with E-state index < -0.39 is 0 Å².